The summed E-state index contributed by atoms with van der Waals surface area (Å²) in [5.41, 5.74) is 1.53. The molecule has 0 aliphatic carbocycles. The average molecular weight is 290 g/mol. The molecule has 2 aromatic rings. The largest absolute Gasteiger partial charge is 0.486 e. The lowest BCUT2D eigenvalue weighted by Gasteiger charge is -2.18. The number of fused-ring (bicyclic) bond motifs is 1. The quantitative estimate of drug-likeness (QED) is 0.941. The summed E-state index contributed by atoms with van der Waals surface area (Å²) in [5, 5.41) is 5.71. The monoisotopic (exact) mass is 290 g/mol. The molecular formula is C14H14N2O3S. The zero-order valence-electron chi connectivity index (χ0n) is 11.0. The molecule has 104 valence electrons. The van der Waals surface area contributed by atoms with E-state index in [4.69, 9.17) is 9.47 Å². The number of amides is 1. The molecule has 0 radical (unpaired) electrons. The molecule has 20 heavy (non-hydrogen) atoms. The van der Waals surface area contributed by atoms with E-state index in [1.54, 1.807) is 18.2 Å². The van der Waals surface area contributed by atoms with Crippen molar-refractivity contribution in [3.8, 4) is 11.5 Å². The van der Waals surface area contributed by atoms with Gasteiger partial charge in [-0.2, -0.15) is 0 Å². The van der Waals surface area contributed by atoms with Gasteiger partial charge in [-0.25, -0.2) is 4.98 Å². The Balaban J connectivity index is 1.67. The number of ether oxygens (including phenoxy) is 2. The van der Waals surface area contributed by atoms with Crippen LogP contribution >= 0.6 is 11.3 Å². The topological polar surface area (TPSA) is 60.5 Å². The summed E-state index contributed by atoms with van der Waals surface area (Å²) in [5.74, 6) is 1.16. The van der Waals surface area contributed by atoms with Gasteiger partial charge in [0.05, 0.1) is 6.54 Å². The number of hydrogen-bond acceptors (Lipinski definition) is 5. The molecule has 0 spiro atoms. The van der Waals surface area contributed by atoms with Crippen molar-refractivity contribution in [1.29, 1.82) is 0 Å². The Morgan fingerprint density at radius 1 is 1.35 bits per heavy atom. The van der Waals surface area contributed by atoms with Crippen molar-refractivity contribution < 1.29 is 14.3 Å². The number of nitrogens with one attached hydrogen (secondary N) is 1. The molecule has 0 fully saturated rings. The lowest BCUT2D eigenvalue weighted by molar-refractivity contribution is 0.0949. The summed E-state index contributed by atoms with van der Waals surface area (Å²) < 4.78 is 10.9. The predicted octanol–water partition coefficient (Wildman–Crippen LogP) is 2.15. The number of rotatable bonds is 3. The van der Waals surface area contributed by atoms with Crippen LogP contribution in [-0.2, 0) is 6.54 Å². The first-order valence-corrected chi connectivity index (χ1v) is 7.19. The molecule has 0 bridgehead atoms. The van der Waals surface area contributed by atoms with Gasteiger partial charge in [-0.3, -0.25) is 4.79 Å². The number of carbonyl (C=O) groups excluding carboxylic acids is 1. The van der Waals surface area contributed by atoms with Crippen molar-refractivity contribution in [3.05, 3.63) is 39.8 Å². The Kier molecular flexibility index (Phi) is 3.56. The molecule has 1 amide bonds. The number of benzene rings is 1. The van der Waals surface area contributed by atoms with Crippen molar-refractivity contribution in [2.75, 3.05) is 13.2 Å². The second kappa shape index (κ2) is 5.50. The Morgan fingerprint density at radius 2 is 2.15 bits per heavy atom. The summed E-state index contributed by atoms with van der Waals surface area (Å²) in [6.45, 7) is 3.42. The minimum atomic E-state index is -0.144. The smallest absolute Gasteiger partial charge is 0.251 e. The van der Waals surface area contributed by atoms with E-state index in [1.165, 1.54) is 11.3 Å². The molecule has 1 aliphatic rings. The highest BCUT2D eigenvalue weighted by atomic mass is 32.1. The van der Waals surface area contributed by atoms with Crippen molar-refractivity contribution in [1.82, 2.24) is 10.3 Å². The summed E-state index contributed by atoms with van der Waals surface area (Å²) in [6, 6.07) is 5.20. The third-order valence-corrected chi connectivity index (χ3v) is 3.84. The van der Waals surface area contributed by atoms with Gasteiger partial charge in [-0.05, 0) is 25.1 Å². The van der Waals surface area contributed by atoms with Gasteiger partial charge in [0, 0.05) is 16.6 Å². The molecule has 0 atom stereocenters. The van der Waals surface area contributed by atoms with Crippen LogP contribution in [0, 0.1) is 6.92 Å². The molecule has 1 aromatic carbocycles. The van der Waals surface area contributed by atoms with Crippen molar-refractivity contribution in [2.45, 2.75) is 13.5 Å². The van der Waals surface area contributed by atoms with Crippen LogP contribution in [0.15, 0.2) is 23.6 Å². The van der Waals surface area contributed by atoms with Gasteiger partial charge in [0.2, 0.25) is 0 Å². The molecule has 1 aromatic heterocycles. The Bertz CT molecular complexity index is 639. The van der Waals surface area contributed by atoms with Crippen molar-refractivity contribution >= 4 is 17.2 Å². The number of carbonyl (C=O) groups is 1. The molecule has 2 heterocycles. The fraction of sp³-hybridized carbons (Fsp3) is 0.286. The van der Waals surface area contributed by atoms with Gasteiger partial charge in [0.25, 0.3) is 5.91 Å². The van der Waals surface area contributed by atoms with E-state index in [-0.39, 0.29) is 5.91 Å². The Morgan fingerprint density at radius 3 is 2.90 bits per heavy atom. The van der Waals surface area contributed by atoms with Crippen LogP contribution in [0.3, 0.4) is 0 Å². The maximum Gasteiger partial charge on any atom is 0.251 e. The SMILES string of the molecule is Cc1csc(CNC(=O)c2ccc3c(c2)OCCO3)n1. The number of thiazole rings is 1. The maximum atomic E-state index is 12.1. The van der Waals surface area contributed by atoms with Crippen LogP contribution < -0.4 is 14.8 Å². The van der Waals surface area contributed by atoms with E-state index < -0.39 is 0 Å². The van der Waals surface area contributed by atoms with Crippen LogP contribution in [0.5, 0.6) is 11.5 Å². The van der Waals surface area contributed by atoms with Crippen molar-refractivity contribution in [3.63, 3.8) is 0 Å². The van der Waals surface area contributed by atoms with Gasteiger partial charge in [0.15, 0.2) is 11.5 Å². The standard InChI is InChI=1S/C14H14N2O3S/c1-9-8-20-13(16-9)7-15-14(17)10-2-3-11-12(6-10)19-5-4-18-11/h2-3,6,8H,4-5,7H2,1H3,(H,15,17). The third-order valence-electron chi connectivity index (χ3n) is 2.87. The zero-order valence-corrected chi connectivity index (χ0v) is 11.8. The lowest BCUT2D eigenvalue weighted by Crippen LogP contribution is -2.23. The first kappa shape index (κ1) is 12.9. The molecule has 0 saturated heterocycles. The normalized spacial score (nSPS) is 13.1. The Hall–Kier alpha value is -2.08. The van der Waals surface area contributed by atoms with Crippen LogP contribution in [0.4, 0.5) is 0 Å². The predicted molar refractivity (Wildman–Crippen MR) is 75.5 cm³/mol. The molecule has 6 heteroatoms. The van der Waals surface area contributed by atoms with Crippen LogP contribution in [0.1, 0.15) is 21.1 Å². The van der Waals surface area contributed by atoms with Crippen molar-refractivity contribution in [2.24, 2.45) is 0 Å². The Labute approximate surface area is 120 Å². The third kappa shape index (κ3) is 2.75. The molecule has 1 aliphatic heterocycles. The van der Waals surface area contributed by atoms with E-state index >= 15 is 0 Å². The maximum absolute atomic E-state index is 12.1. The van der Waals surface area contributed by atoms with Gasteiger partial charge in [0.1, 0.15) is 18.2 Å². The highest BCUT2D eigenvalue weighted by molar-refractivity contribution is 7.09. The first-order valence-electron chi connectivity index (χ1n) is 6.31. The van der Waals surface area contributed by atoms with Crippen LogP contribution in [0.25, 0.3) is 0 Å². The molecule has 1 N–H and O–H groups in total. The van der Waals surface area contributed by atoms with Gasteiger partial charge >= 0.3 is 0 Å². The van der Waals surface area contributed by atoms with E-state index in [2.05, 4.69) is 10.3 Å². The second-order valence-electron chi connectivity index (χ2n) is 4.42. The van der Waals surface area contributed by atoms with Gasteiger partial charge in [-0.15, -0.1) is 11.3 Å². The van der Waals surface area contributed by atoms with E-state index in [9.17, 15) is 4.79 Å². The fourth-order valence-electron chi connectivity index (χ4n) is 1.93. The molecule has 0 unspecified atom stereocenters. The van der Waals surface area contributed by atoms with Gasteiger partial charge < -0.3 is 14.8 Å². The number of hydrogen-bond donors (Lipinski definition) is 1. The van der Waals surface area contributed by atoms with E-state index in [0.29, 0.717) is 36.8 Å². The van der Waals surface area contributed by atoms with E-state index in [1.807, 2.05) is 12.3 Å². The zero-order chi connectivity index (χ0) is 13.9. The molecule has 5 nitrogen and oxygen atoms in total. The molecule has 0 saturated carbocycles. The minimum Gasteiger partial charge on any atom is -0.486 e. The number of aryl methyl sites for hydroxylation is 1. The molecule has 3 rings (SSSR count). The number of nitrogens with zero attached hydrogens (tertiary/aromatic N) is 1. The summed E-state index contributed by atoms with van der Waals surface area (Å²) in [4.78, 5) is 16.4. The van der Waals surface area contributed by atoms with E-state index in [0.717, 1.165) is 10.7 Å². The van der Waals surface area contributed by atoms with Gasteiger partial charge in [-0.1, -0.05) is 0 Å². The van der Waals surface area contributed by atoms with Crippen LogP contribution in [-0.4, -0.2) is 24.1 Å². The highest BCUT2D eigenvalue weighted by Gasteiger charge is 2.15. The number of aromatic nitrogens is 1. The molecular weight excluding hydrogens is 276 g/mol. The minimum absolute atomic E-state index is 0.144. The first-order chi connectivity index (χ1) is 9.72. The highest BCUT2D eigenvalue weighted by Crippen LogP contribution is 2.30. The fourth-order valence-corrected chi connectivity index (χ4v) is 2.64. The lowest BCUT2D eigenvalue weighted by atomic mass is 10.2. The van der Waals surface area contributed by atoms with Crippen LogP contribution in [0.2, 0.25) is 0 Å². The average Bonchev–Trinajstić information content (AvgIpc) is 2.90. The summed E-state index contributed by atoms with van der Waals surface area (Å²) >= 11 is 1.54. The second-order valence-corrected chi connectivity index (χ2v) is 5.37. The summed E-state index contributed by atoms with van der Waals surface area (Å²) in [6.07, 6.45) is 0. The summed E-state index contributed by atoms with van der Waals surface area (Å²) in [7, 11) is 0.